The van der Waals surface area contributed by atoms with Gasteiger partial charge in [-0.15, -0.1) is 0 Å². The Balaban J connectivity index is 1.81. The average molecular weight is 270 g/mol. The second kappa shape index (κ2) is 5.33. The predicted octanol–water partition coefficient (Wildman–Crippen LogP) is 0.756. The van der Waals surface area contributed by atoms with E-state index in [2.05, 4.69) is 5.32 Å². The minimum absolute atomic E-state index is 0.0224. The molecular formula is C10H10N2O3S2. The average Bonchev–Trinajstić information content (AvgIpc) is 2.91. The van der Waals surface area contributed by atoms with Crippen LogP contribution in [0.3, 0.4) is 0 Å². The van der Waals surface area contributed by atoms with Crippen molar-refractivity contribution in [1.29, 1.82) is 0 Å². The number of hydrogen-bond acceptors (Lipinski definition) is 5. The van der Waals surface area contributed by atoms with Gasteiger partial charge in [-0.05, 0) is 12.1 Å². The zero-order chi connectivity index (χ0) is 12.3. The number of carbonyl (C=O) groups is 2. The van der Waals surface area contributed by atoms with Crippen LogP contribution in [0.15, 0.2) is 22.8 Å². The molecule has 0 unspecified atom stereocenters. The molecule has 5 nitrogen and oxygen atoms in total. The van der Waals surface area contributed by atoms with Crippen LogP contribution in [0.5, 0.6) is 0 Å². The highest BCUT2D eigenvalue weighted by atomic mass is 32.2. The van der Waals surface area contributed by atoms with Crippen molar-refractivity contribution in [3.63, 3.8) is 0 Å². The number of hydrogen-bond donors (Lipinski definition) is 1. The fourth-order valence-corrected chi connectivity index (χ4v) is 2.40. The van der Waals surface area contributed by atoms with Crippen LogP contribution in [0.4, 0.5) is 0 Å². The molecule has 1 fully saturated rings. The van der Waals surface area contributed by atoms with Gasteiger partial charge in [-0.2, -0.15) is 0 Å². The van der Waals surface area contributed by atoms with Crippen LogP contribution in [-0.2, 0) is 16.1 Å². The van der Waals surface area contributed by atoms with Crippen LogP contribution >= 0.6 is 24.0 Å². The van der Waals surface area contributed by atoms with E-state index in [1.165, 1.54) is 22.9 Å². The molecule has 2 amide bonds. The van der Waals surface area contributed by atoms with Crippen LogP contribution in [0, 0.1) is 0 Å². The van der Waals surface area contributed by atoms with Crippen molar-refractivity contribution in [2.45, 2.75) is 6.54 Å². The Bertz CT molecular complexity index is 428. The molecule has 1 aromatic heterocycles. The summed E-state index contributed by atoms with van der Waals surface area (Å²) >= 11 is 6.25. The Kier molecular flexibility index (Phi) is 3.80. The highest BCUT2D eigenvalue weighted by Gasteiger charge is 2.28. The fraction of sp³-hybridized carbons (Fsp3) is 0.300. The topological polar surface area (TPSA) is 62.6 Å². The number of nitrogens with one attached hydrogen (secondary N) is 1. The van der Waals surface area contributed by atoms with Gasteiger partial charge in [0.2, 0.25) is 11.8 Å². The first kappa shape index (κ1) is 12.1. The summed E-state index contributed by atoms with van der Waals surface area (Å²) in [5, 5.41) is 2.66. The number of thioether (sulfide) groups is 1. The van der Waals surface area contributed by atoms with Crippen molar-refractivity contribution < 1.29 is 14.0 Å². The van der Waals surface area contributed by atoms with E-state index in [4.69, 9.17) is 16.6 Å². The van der Waals surface area contributed by atoms with Gasteiger partial charge in [0.25, 0.3) is 0 Å². The molecule has 0 radical (unpaired) electrons. The molecule has 2 heterocycles. The summed E-state index contributed by atoms with van der Waals surface area (Å²) in [6, 6.07) is 3.51. The Morgan fingerprint density at radius 3 is 3.06 bits per heavy atom. The number of carbonyl (C=O) groups excluding carboxylic acids is 2. The van der Waals surface area contributed by atoms with E-state index in [1.54, 1.807) is 12.1 Å². The standard InChI is InChI=1S/C10H10N2O3S2/c13-8(11-4-7-2-1-3-15-7)5-12-9(14)6-17-10(12)16/h1-3H,4-6H2,(H,11,13). The number of thiocarbonyl (C=S) groups is 1. The van der Waals surface area contributed by atoms with Gasteiger partial charge in [0.15, 0.2) is 0 Å². The van der Waals surface area contributed by atoms with Gasteiger partial charge in [-0.3, -0.25) is 14.5 Å². The van der Waals surface area contributed by atoms with E-state index in [-0.39, 0.29) is 18.4 Å². The lowest BCUT2D eigenvalue weighted by molar-refractivity contribution is -0.129. The molecule has 0 aromatic carbocycles. The quantitative estimate of drug-likeness (QED) is 0.818. The van der Waals surface area contributed by atoms with E-state index in [1.807, 2.05) is 0 Å². The van der Waals surface area contributed by atoms with E-state index in [0.29, 0.717) is 22.4 Å². The summed E-state index contributed by atoms with van der Waals surface area (Å²) in [7, 11) is 0. The number of rotatable bonds is 4. The van der Waals surface area contributed by atoms with Crippen LogP contribution in [0.2, 0.25) is 0 Å². The van der Waals surface area contributed by atoms with Crippen molar-refractivity contribution in [3.05, 3.63) is 24.2 Å². The van der Waals surface area contributed by atoms with E-state index in [9.17, 15) is 9.59 Å². The lowest BCUT2D eigenvalue weighted by Crippen LogP contribution is -2.39. The fourth-order valence-electron chi connectivity index (χ4n) is 1.33. The molecule has 7 heteroatoms. The molecular weight excluding hydrogens is 260 g/mol. The third kappa shape index (κ3) is 3.07. The van der Waals surface area contributed by atoms with Crippen LogP contribution in [-0.4, -0.2) is 33.3 Å². The Labute approximate surface area is 108 Å². The number of nitrogens with zero attached hydrogens (tertiary/aromatic N) is 1. The summed E-state index contributed by atoms with van der Waals surface area (Å²) in [6.07, 6.45) is 1.54. The Morgan fingerprint density at radius 1 is 1.65 bits per heavy atom. The maximum absolute atomic E-state index is 11.6. The summed E-state index contributed by atoms with van der Waals surface area (Å²) in [6.45, 7) is 0.291. The van der Waals surface area contributed by atoms with Gasteiger partial charge in [-0.1, -0.05) is 24.0 Å². The first-order valence-electron chi connectivity index (χ1n) is 4.93. The minimum atomic E-state index is -0.250. The smallest absolute Gasteiger partial charge is 0.240 e. The summed E-state index contributed by atoms with van der Waals surface area (Å²) < 4.78 is 5.53. The molecule has 1 saturated heterocycles. The highest BCUT2D eigenvalue weighted by Crippen LogP contribution is 2.18. The van der Waals surface area contributed by atoms with Crippen LogP contribution in [0.1, 0.15) is 5.76 Å². The first-order valence-corrected chi connectivity index (χ1v) is 6.32. The van der Waals surface area contributed by atoms with Gasteiger partial charge in [-0.25, -0.2) is 0 Å². The number of furan rings is 1. The van der Waals surface area contributed by atoms with Crippen molar-refractivity contribution >= 4 is 40.1 Å². The zero-order valence-corrected chi connectivity index (χ0v) is 10.5. The van der Waals surface area contributed by atoms with Crippen LogP contribution in [0.25, 0.3) is 0 Å². The van der Waals surface area contributed by atoms with E-state index in [0.717, 1.165) is 0 Å². The molecule has 90 valence electrons. The second-order valence-electron chi connectivity index (χ2n) is 3.39. The first-order chi connectivity index (χ1) is 8.16. The largest absolute Gasteiger partial charge is 0.467 e. The van der Waals surface area contributed by atoms with Crippen molar-refractivity contribution in [1.82, 2.24) is 10.2 Å². The predicted molar refractivity (Wildman–Crippen MR) is 67.3 cm³/mol. The minimum Gasteiger partial charge on any atom is -0.467 e. The van der Waals surface area contributed by atoms with Gasteiger partial charge in [0.1, 0.15) is 16.6 Å². The number of amides is 2. The maximum Gasteiger partial charge on any atom is 0.240 e. The molecule has 0 spiro atoms. The molecule has 0 atom stereocenters. The summed E-state index contributed by atoms with van der Waals surface area (Å²) in [5.41, 5.74) is 0. The summed E-state index contributed by atoms with van der Waals surface area (Å²) in [5.74, 6) is 0.625. The van der Waals surface area contributed by atoms with Crippen LogP contribution < -0.4 is 5.32 Å². The molecule has 1 aliphatic rings. The third-order valence-corrected chi connectivity index (χ3v) is 3.61. The molecule has 0 aliphatic carbocycles. The zero-order valence-electron chi connectivity index (χ0n) is 8.84. The lowest BCUT2D eigenvalue weighted by atomic mass is 10.4. The molecule has 1 aliphatic heterocycles. The van der Waals surface area contributed by atoms with E-state index >= 15 is 0 Å². The van der Waals surface area contributed by atoms with Crippen molar-refractivity contribution in [2.75, 3.05) is 12.3 Å². The van der Waals surface area contributed by atoms with Gasteiger partial charge >= 0.3 is 0 Å². The Hall–Kier alpha value is -1.34. The molecule has 1 N–H and O–H groups in total. The van der Waals surface area contributed by atoms with Gasteiger partial charge in [0, 0.05) is 0 Å². The maximum atomic E-state index is 11.6. The lowest BCUT2D eigenvalue weighted by Gasteiger charge is -2.13. The summed E-state index contributed by atoms with van der Waals surface area (Å²) in [4.78, 5) is 24.3. The van der Waals surface area contributed by atoms with E-state index < -0.39 is 0 Å². The second-order valence-corrected chi connectivity index (χ2v) is 5.00. The Morgan fingerprint density at radius 2 is 2.47 bits per heavy atom. The molecule has 17 heavy (non-hydrogen) atoms. The van der Waals surface area contributed by atoms with Crippen molar-refractivity contribution in [2.24, 2.45) is 0 Å². The normalized spacial score (nSPS) is 15.4. The molecule has 2 rings (SSSR count). The molecule has 1 aromatic rings. The molecule has 0 bridgehead atoms. The van der Waals surface area contributed by atoms with Crippen molar-refractivity contribution in [3.8, 4) is 0 Å². The van der Waals surface area contributed by atoms with Gasteiger partial charge in [0.05, 0.1) is 18.6 Å². The monoisotopic (exact) mass is 270 g/mol. The van der Waals surface area contributed by atoms with Gasteiger partial charge < -0.3 is 9.73 Å². The third-order valence-electron chi connectivity index (χ3n) is 2.18. The highest BCUT2D eigenvalue weighted by molar-refractivity contribution is 8.23. The SMILES string of the molecule is O=C(CN1C(=O)CSC1=S)NCc1ccco1. The molecule has 0 saturated carbocycles.